The number of hydrogen-bond donors (Lipinski definition) is 0. The van der Waals surface area contributed by atoms with Gasteiger partial charge in [0.05, 0.1) is 5.71 Å². The van der Waals surface area contributed by atoms with Gasteiger partial charge in [-0.25, -0.2) is 0 Å². The third kappa shape index (κ3) is 2.32. The number of Topliss-reactive ketones (excluding diaryl/α,β-unsaturated/α-hetero) is 1. The summed E-state index contributed by atoms with van der Waals surface area (Å²) in [5.74, 6) is 0.266. The van der Waals surface area contributed by atoms with Crippen molar-refractivity contribution in [2.24, 2.45) is 10.6 Å². The molecular formula is C9H15NO2. The van der Waals surface area contributed by atoms with Crippen LogP contribution < -0.4 is 0 Å². The van der Waals surface area contributed by atoms with Gasteiger partial charge in [0.1, 0.15) is 12.9 Å². The highest BCUT2D eigenvalue weighted by molar-refractivity contribution is 6.04. The highest BCUT2D eigenvalue weighted by Gasteiger charge is 2.30. The van der Waals surface area contributed by atoms with Gasteiger partial charge in [0, 0.05) is 12.8 Å². The molecule has 0 atom stereocenters. The Morgan fingerprint density at radius 2 is 2.08 bits per heavy atom. The van der Waals surface area contributed by atoms with Crippen LogP contribution in [0.3, 0.4) is 0 Å². The topological polar surface area (TPSA) is 38.7 Å². The molecule has 0 radical (unpaired) electrons. The number of oxime groups is 1. The zero-order valence-corrected chi connectivity index (χ0v) is 7.89. The zero-order valence-electron chi connectivity index (χ0n) is 7.89. The van der Waals surface area contributed by atoms with Crippen LogP contribution >= 0.6 is 0 Å². The first kappa shape index (κ1) is 9.23. The molecule has 0 bridgehead atoms. The molecule has 3 nitrogen and oxygen atoms in total. The van der Waals surface area contributed by atoms with Crippen LogP contribution in [0.25, 0.3) is 0 Å². The van der Waals surface area contributed by atoms with Gasteiger partial charge in [-0.05, 0) is 11.8 Å². The zero-order chi connectivity index (χ0) is 9.19. The van der Waals surface area contributed by atoms with Crippen LogP contribution in [0.5, 0.6) is 0 Å². The fourth-order valence-electron chi connectivity index (χ4n) is 1.69. The van der Waals surface area contributed by atoms with E-state index in [4.69, 9.17) is 0 Å². The van der Waals surface area contributed by atoms with Crippen LogP contribution in [0.4, 0.5) is 0 Å². The van der Waals surface area contributed by atoms with Crippen molar-refractivity contribution in [3.63, 3.8) is 0 Å². The number of carbonyl (C=O) groups excluding carboxylic acids is 1. The number of carbonyl (C=O) groups is 1. The molecule has 68 valence electrons. The van der Waals surface area contributed by atoms with Crippen molar-refractivity contribution in [1.29, 1.82) is 0 Å². The number of ketones is 1. The van der Waals surface area contributed by atoms with Crippen molar-refractivity contribution in [2.75, 3.05) is 7.11 Å². The van der Waals surface area contributed by atoms with Crippen molar-refractivity contribution in [1.82, 2.24) is 0 Å². The molecule has 0 saturated heterocycles. The second kappa shape index (κ2) is 3.25. The summed E-state index contributed by atoms with van der Waals surface area (Å²) >= 11 is 0. The van der Waals surface area contributed by atoms with E-state index in [1.807, 2.05) is 0 Å². The lowest BCUT2D eigenvalue weighted by atomic mass is 9.76. The van der Waals surface area contributed by atoms with E-state index < -0.39 is 0 Å². The maximum absolute atomic E-state index is 11.2. The smallest absolute Gasteiger partial charge is 0.139 e. The normalized spacial score (nSPS) is 25.9. The lowest BCUT2D eigenvalue weighted by molar-refractivity contribution is -0.120. The molecule has 0 heterocycles. The van der Waals surface area contributed by atoms with Crippen molar-refractivity contribution in [2.45, 2.75) is 33.1 Å². The van der Waals surface area contributed by atoms with E-state index in [0.29, 0.717) is 12.8 Å². The van der Waals surface area contributed by atoms with Crippen LogP contribution in [-0.2, 0) is 9.63 Å². The highest BCUT2D eigenvalue weighted by Crippen LogP contribution is 2.31. The molecule has 0 amide bonds. The Bertz CT molecular complexity index is 219. The molecule has 0 unspecified atom stereocenters. The Morgan fingerprint density at radius 1 is 1.42 bits per heavy atom. The molecule has 1 fully saturated rings. The minimum atomic E-state index is 0.0622. The lowest BCUT2D eigenvalue weighted by Gasteiger charge is -2.28. The molecule has 0 aromatic rings. The fraction of sp³-hybridized carbons (Fsp3) is 0.778. The minimum absolute atomic E-state index is 0.0622. The second-order valence-electron chi connectivity index (χ2n) is 4.07. The van der Waals surface area contributed by atoms with Gasteiger partial charge in [0.25, 0.3) is 0 Å². The van der Waals surface area contributed by atoms with Crippen molar-refractivity contribution >= 4 is 11.5 Å². The van der Waals surface area contributed by atoms with Gasteiger partial charge in [-0.15, -0.1) is 0 Å². The average Bonchev–Trinajstić information content (AvgIpc) is 1.82. The first-order chi connectivity index (χ1) is 5.53. The molecule has 0 aliphatic heterocycles. The first-order valence-corrected chi connectivity index (χ1v) is 4.14. The molecule has 1 aliphatic carbocycles. The summed E-state index contributed by atoms with van der Waals surface area (Å²) < 4.78 is 0. The van der Waals surface area contributed by atoms with E-state index in [9.17, 15) is 4.79 Å². The van der Waals surface area contributed by atoms with E-state index in [2.05, 4.69) is 23.8 Å². The van der Waals surface area contributed by atoms with Crippen molar-refractivity contribution < 1.29 is 9.63 Å². The molecule has 0 aromatic heterocycles. The summed E-state index contributed by atoms with van der Waals surface area (Å²) in [6.45, 7) is 4.16. The monoisotopic (exact) mass is 169 g/mol. The second-order valence-corrected chi connectivity index (χ2v) is 4.07. The van der Waals surface area contributed by atoms with E-state index in [-0.39, 0.29) is 11.2 Å². The summed E-state index contributed by atoms with van der Waals surface area (Å²) in [7, 11) is 1.51. The Morgan fingerprint density at radius 3 is 2.58 bits per heavy atom. The molecule has 1 saturated carbocycles. The molecular weight excluding hydrogens is 154 g/mol. The van der Waals surface area contributed by atoms with Crippen LogP contribution in [0.15, 0.2) is 5.16 Å². The summed E-state index contributed by atoms with van der Waals surface area (Å²) in [6, 6.07) is 0. The van der Waals surface area contributed by atoms with Gasteiger partial charge in [-0.2, -0.15) is 0 Å². The van der Waals surface area contributed by atoms with E-state index in [1.165, 1.54) is 7.11 Å². The predicted molar refractivity (Wildman–Crippen MR) is 47.1 cm³/mol. The predicted octanol–water partition coefficient (Wildman–Crippen LogP) is 1.77. The van der Waals surface area contributed by atoms with E-state index in [1.54, 1.807) is 0 Å². The van der Waals surface area contributed by atoms with Crippen molar-refractivity contribution in [3.05, 3.63) is 0 Å². The molecule has 0 spiro atoms. The molecule has 0 N–H and O–H groups in total. The number of nitrogens with zero attached hydrogens (tertiary/aromatic N) is 1. The maximum atomic E-state index is 11.2. The Balaban J connectivity index is 2.70. The molecule has 12 heavy (non-hydrogen) atoms. The van der Waals surface area contributed by atoms with Gasteiger partial charge < -0.3 is 4.84 Å². The highest BCUT2D eigenvalue weighted by atomic mass is 16.6. The minimum Gasteiger partial charge on any atom is -0.399 e. The molecule has 3 heteroatoms. The summed E-state index contributed by atoms with van der Waals surface area (Å²) in [4.78, 5) is 15.9. The maximum Gasteiger partial charge on any atom is 0.139 e. The summed E-state index contributed by atoms with van der Waals surface area (Å²) in [6.07, 6.45) is 2.00. The Kier molecular flexibility index (Phi) is 2.50. The van der Waals surface area contributed by atoms with Crippen LogP contribution in [0.2, 0.25) is 0 Å². The van der Waals surface area contributed by atoms with Crippen molar-refractivity contribution in [3.8, 4) is 0 Å². The number of hydrogen-bond acceptors (Lipinski definition) is 3. The Labute approximate surface area is 72.8 Å². The van der Waals surface area contributed by atoms with Crippen LogP contribution in [0.1, 0.15) is 33.1 Å². The van der Waals surface area contributed by atoms with Gasteiger partial charge in [0.2, 0.25) is 0 Å². The molecule has 1 aliphatic rings. The SMILES string of the molecule is CO/N=C1\CC(=O)CC(C)(C)C1. The van der Waals surface area contributed by atoms with Gasteiger partial charge in [-0.3, -0.25) is 4.79 Å². The standard InChI is InChI=1S/C9H15NO2/c1-9(2)5-7(10-12-3)4-8(11)6-9/h4-6H2,1-3H3/b10-7+. The lowest BCUT2D eigenvalue weighted by Crippen LogP contribution is -2.29. The Hall–Kier alpha value is -0.860. The van der Waals surface area contributed by atoms with Gasteiger partial charge in [-0.1, -0.05) is 19.0 Å². The third-order valence-electron chi connectivity index (χ3n) is 1.98. The number of rotatable bonds is 1. The first-order valence-electron chi connectivity index (χ1n) is 4.14. The van der Waals surface area contributed by atoms with E-state index >= 15 is 0 Å². The summed E-state index contributed by atoms with van der Waals surface area (Å²) in [5.41, 5.74) is 0.936. The third-order valence-corrected chi connectivity index (χ3v) is 1.98. The van der Waals surface area contributed by atoms with Gasteiger partial charge in [0.15, 0.2) is 0 Å². The van der Waals surface area contributed by atoms with Gasteiger partial charge >= 0.3 is 0 Å². The quantitative estimate of drug-likeness (QED) is 0.561. The van der Waals surface area contributed by atoms with Crippen LogP contribution in [0, 0.1) is 5.41 Å². The fourth-order valence-corrected chi connectivity index (χ4v) is 1.69. The van der Waals surface area contributed by atoms with Crippen LogP contribution in [-0.4, -0.2) is 18.6 Å². The molecule has 1 rings (SSSR count). The van der Waals surface area contributed by atoms with E-state index in [0.717, 1.165) is 12.1 Å². The molecule has 0 aromatic carbocycles. The average molecular weight is 169 g/mol. The summed E-state index contributed by atoms with van der Waals surface area (Å²) in [5, 5.41) is 3.83. The largest absolute Gasteiger partial charge is 0.399 e.